The lowest BCUT2D eigenvalue weighted by molar-refractivity contribution is 0.883. The van der Waals surface area contributed by atoms with Crippen molar-refractivity contribution in [3.63, 3.8) is 0 Å². The van der Waals surface area contributed by atoms with E-state index in [-0.39, 0.29) is 7.14 Å². The van der Waals surface area contributed by atoms with Gasteiger partial charge in [-0.1, -0.05) is 0 Å². The fraction of sp³-hybridized carbons (Fsp3) is 0. The molecule has 1 aromatic heterocycles. The van der Waals surface area contributed by atoms with Crippen LogP contribution in [0.15, 0.2) is 3.98 Å². The van der Waals surface area contributed by atoms with E-state index < -0.39 is 0 Å². The Kier molecular flexibility index (Phi) is 0.685. The second kappa shape index (κ2) is 0.902. The molecule has 0 aliphatic carbocycles. The summed E-state index contributed by atoms with van der Waals surface area (Å²) in [7, 11) is 3.53. The molecule has 1 aromatic rings. The maximum Gasteiger partial charge on any atom is 0.112 e. The van der Waals surface area contributed by atoms with Crippen molar-refractivity contribution in [3.8, 4) is 0 Å². The standard InChI is InChI=1S/H3OP3/c2-4-1-3-4/h3H,2H2. The van der Waals surface area contributed by atoms with E-state index in [2.05, 4.69) is 8.93 Å². The summed E-state index contributed by atoms with van der Waals surface area (Å²) in [5, 5.41) is 0. The van der Waals surface area contributed by atoms with Crippen LogP contribution in [-0.2, 0) is 0 Å². The van der Waals surface area contributed by atoms with Crippen LogP contribution in [0.1, 0.15) is 0 Å². The Morgan fingerprint density at radius 3 is 2.25 bits per heavy atom. The molecule has 3 atom stereocenters. The summed E-state index contributed by atoms with van der Waals surface area (Å²) in [5.74, 6) is 0. The van der Waals surface area contributed by atoms with Crippen LogP contribution >= 0.6 is 24.2 Å². The fourth-order valence-corrected chi connectivity index (χ4v) is 1.91. The Bertz CT molecular complexity index is 61.8. The van der Waals surface area contributed by atoms with Crippen LogP contribution < -0.4 is 0 Å². The summed E-state index contributed by atoms with van der Waals surface area (Å²) in [5.41, 5.74) is 0. The molecule has 0 aromatic carbocycles. The average molecular weight is 112 g/mol. The summed E-state index contributed by atoms with van der Waals surface area (Å²) in [4.78, 5) is 0. The molecule has 1 heterocycles. The maximum absolute atomic E-state index is 4.76. The highest BCUT2D eigenvalue weighted by molar-refractivity contribution is 8.34. The first-order chi connectivity index (χ1) is 1.89. The van der Waals surface area contributed by atoms with Gasteiger partial charge in [0.25, 0.3) is 0 Å². The van der Waals surface area contributed by atoms with Gasteiger partial charge in [0.05, 0.1) is 8.11 Å². The molecule has 0 aliphatic rings. The second-order valence-corrected chi connectivity index (χ2v) is 6.90. The van der Waals surface area contributed by atoms with Crippen LogP contribution in [0.25, 0.3) is 0 Å². The molecule has 4 heteroatoms. The zero-order valence-electron chi connectivity index (χ0n) is 1.93. The van der Waals surface area contributed by atoms with Crippen molar-refractivity contribution in [2.45, 2.75) is 0 Å². The lowest BCUT2D eigenvalue weighted by atomic mass is 15.9. The highest BCUT2D eigenvalue weighted by Gasteiger charge is 1.82. The molecule has 24 valence electrons. The molecule has 0 N–H and O–H groups in total. The Balaban J connectivity index is 2.81. The molecular formula is H3OP3. The van der Waals surface area contributed by atoms with Crippen LogP contribution in [0.3, 0.4) is 0 Å². The summed E-state index contributed by atoms with van der Waals surface area (Å²) < 4.78 is 4.76. The third-order valence-electron chi connectivity index (χ3n) is 0.197. The Labute approximate surface area is 29.1 Å². The predicted molar refractivity (Wildman–Crippen MR) is 26.0 cm³/mol. The van der Waals surface area contributed by atoms with Crippen molar-refractivity contribution in [2.24, 2.45) is 0 Å². The van der Waals surface area contributed by atoms with Crippen molar-refractivity contribution in [1.29, 1.82) is 0 Å². The molecule has 0 aliphatic heterocycles. The fourth-order valence-electron chi connectivity index (χ4n) is 0.0236. The summed E-state index contributed by atoms with van der Waals surface area (Å²) in [6.45, 7) is 0. The lowest BCUT2D eigenvalue weighted by Crippen LogP contribution is -0.641. The minimum absolute atomic E-state index is 0.0741. The predicted octanol–water partition coefficient (Wildman–Crippen LogP) is 1.94. The van der Waals surface area contributed by atoms with Crippen molar-refractivity contribution in [2.75, 3.05) is 0 Å². The smallest absolute Gasteiger partial charge is 0.112 e. The van der Waals surface area contributed by atoms with E-state index in [0.29, 0.717) is 0 Å². The molecule has 0 saturated heterocycles. The van der Waals surface area contributed by atoms with Crippen molar-refractivity contribution >= 4 is 24.2 Å². The highest BCUT2D eigenvalue weighted by atomic mass is 32.3. The molecule has 3 unspecified atom stereocenters. The third kappa shape index (κ3) is 0.646. The molecular weight excluding hydrogens is 109 g/mol. The molecule has 0 amide bonds. The normalized spacial score (nSPS) is 15.8. The SMILES string of the molecule is Pp1o[pH]1. The Hall–Kier alpha value is 0.830. The highest BCUT2D eigenvalue weighted by Crippen LogP contribution is 2.56. The minimum atomic E-state index is 0.0741. The monoisotopic (exact) mass is 112 g/mol. The Morgan fingerprint density at radius 2 is 2.25 bits per heavy atom. The molecule has 0 bridgehead atoms. The van der Waals surface area contributed by atoms with E-state index in [1.165, 1.54) is 0 Å². The molecule has 1 nitrogen and oxygen atoms in total. The van der Waals surface area contributed by atoms with E-state index in [1.807, 2.05) is 0 Å². The van der Waals surface area contributed by atoms with Crippen LogP contribution in [0.4, 0.5) is 0 Å². The van der Waals surface area contributed by atoms with E-state index in [4.69, 9.17) is 3.98 Å². The van der Waals surface area contributed by atoms with Crippen LogP contribution in [0, 0.1) is 0 Å². The van der Waals surface area contributed by atoms with E-state index >= 15 is 0 Å². The zero-order valence-corrected chi connectivity index (χ0v) is 4.98. The van der Waals surface area contributed by atoms with E-state index in [1.54, 1.807) is 0 Å². The molecule has 0 saturated carbocycles. The zero-order chi connectivity index (χ0) is 2.99. The summed E-state index contributed by atoms with van der Waals surface area (Å²) in [6.07, 6.45) is 0. The number of hydrogen-bond donors (Lipinski definition) is 0. The molecule has 1 rings (SSSR count). The topological polar surface area (TPSA) is 13.1 Å². The van der Waals surface area contributed by atoms with Gasteiger partial charge in [0.15, 0.2) is 0 Å². The Morgan fingerprint density at radius 1 is 2.00 bits per heavy atom. The molecule has 4 heavy (non-hydrogen) atoms. The first kappa shape index (κ1) is 3.04. The summed E-state index contributed by atoms with van der Waals surface area (Å²) in [6, 6.07) is 0. The van der Waals surface area contributed by atoms with Gasteiger partial charge in [-0.15, -0.1) is 0 Å². The average Bonchev–Trinajstić information content (AvgIpc) is 1.75. The lowest BCUT2D eigenvalue weighted by Gasteiger charge is -1.37. The molecule has 0 fully saturated rings. The molecule has 0 spiro atoms. The van der Waals surface area contributed by atoms with Gasteiger partial charge < -0.3 is 3.98 Å². The van der Waals surface area contributed by atoms with Gasteiger partial charge in [-0.25, -0.2) is 0 Å². The quantitative estimate of drug-likeness (QED) is 0.467. The second-order valence-electron chi connectivity index (χ2n) is 0.508. The maximum atomic E-state index is 4.76. The van der Waals surface area contributed by atoms with Gasteiger partial charge in [0, 0.05) is 0 Å². The molecule has 0 radical (unpaired) electrons. The van der Waals surface area contributed by atoms with Crippen LogP contribution in [0.2, 0.25) is 0 Å². The van der Waals surface area contributed by atoms with Crippen molar-refractivity contribution in [1.82, 2.24) is 0 Å². The van der Waals surface area contributed by atoms with Gasteiger partial charge in [-0.05, 0) is 8.93 Å². The minimum Gasteiger partial charge on any atom is -0.430 e. The van der Waals surface area contributed by atoms with Crippen LogP contribution in [0.5, 0.6) is 0 Å². The van der Waals surface area contributed by atoms with Gasteiger partial charge in [0.1, 0.15) is 7.14 Å². The van der Waals surface area contributed by atoms with E-state index in [9.17, 15) is 0 Å². The van der Waals surface area contributed by atoms with Crippen molar-refractivity contribution < 1.29 is 3.98 Å². The van der Waals surface area contributed by atoms with Gasteiger partial charge in [-0.3, -0.25) is 0 Å². The first-order valence-corrected chi connectivity index (χ1v) is 5.50. The van der Waals surface area contributed by atoms with Gasteiger partial charge in [0.2, 0.25) is 0 Å². The van der Waals surface area contributed by atoms with Crippen LogP contribution in [-0.4, -0.2) is 0 Å². The largest absolute Gasteiger partial charge is 0.430 e. The van der Waals surface area contributed by atoms with Gasteiger partial charge in [-0.2, -0.15) is 0 Å². The van der Waals surface area contributed by atoms with Crippen molar-refractivity contribution in [3.05, 3.63) is 0 Å². The number of hydrogen-bond acceptors (Lipinski definition) is 1. The van der Waals surface area contributed by atoms with E-state index in [0.717, 1.165) is 8.11 Å². The van der Waals surface area contributed by atoms with Gasteiger partial charge >= 0.3 is 0 Å². The number of rotatable bonds is 0. The third-order valence-corrected chi connectivity index (χ3v) is 3.67. The first-order valence-electron chi connectivity index (χ1n) is 0.869. The summed E-state index contributed by atoms with van der Waals surface area (Å²) >= 11 is 0.